The molecule has 38 heavy (non-hydrogen) atoms. The van der Waals surface area contributed by atoms with Crippen molar-refractivity contribution < 1.29 is 19.1 Å². The molecule has 3 amide bonds. The number of unbranched alkanes of at least 4 members (excludes halogenated alkanes) is 2. The predicted octanol–water partition coefficient (Wildman–Crippen LogP) is 4.58. The molecule has 4 rings (SSSR count). The molecular weight excluding hydrogens is 508 g/mol. The van der Waals surface area contributed by atoms with E-state index in [1.165, 1.54) is 4.90 Å². The minimum Gasteiger partial charge on any atom is -0.491 e. The van der Waals surface area contributed by atoms with Gasteiger partial charge in [-0.15, -0.1) is 0 Å². The molecule has 204 valence electrons. The van der Waals surface area contributed by atoms with Gasteiger partial charge >= 0.3 is 6.03 Å². The molecule has 0 radical (unpaired) electrons. The number of likely N-dealkylation sites (N-methyl/N-ethyl adjacent to an activating group) is 1. The lowest BCUT2D eigenvalue weighted by Crippen LogP contribution is -2.49. The van der Waals surface area contributed by atoms with Gasteiger partial charge in [0.05, 0.1) is 18.7 Å². The van der Waals surface area contributed by atoms with E-state index >= 15 is 0 Å². The average molecular weight is 543 g/mol. The summed E-state index contributed by atoms with van der Waals surface area (Å²) in [5, 5.41) is 1.24. The Morgan fingerprint density at radius 3 is 2.74 bits per heavy atom. The fraction of sp³-hybridized carbons (Fsp3) is 0.481. The Balaban J connectivity index is 1.55. The van der Waals surface area contributed by atoms with Crippen LogP contribution in [-0.4, -0.2) is 77.2 Å². The van der Waals surface area contributed by atoms with Crippen molar-refractivity contribution in [2.24, 2.45) is 0 Å². The van der Waals surface area contributed by atoms with Gasteiger partial charge in [-0.2, -0.15) is 4.98 Å². The number of hydrogen-bond donors (Lipinski definition) is 0. The molecule has 1 fully saturated rings. The number of halogens is 1. The van der Waals surface area contributed by atoms with Crippen molar-refractivity contribution in [2.75, 3.05) is 45.8 Å². The van der Waals surface area contributed by atoms with Crippen molar-refractivity contribution in [1.82, 2.24) is 24.3 Å². The summed E-state index contributed by atoms with van der Waals surface area (Å²) in [6.07, 6.45) is 7.29. The number of rotatable bonds is 11. The van der Waals surface area contributed by atoms with Gasteiger partial charge in [-0.1, -0.05) is 31.4 Å². The number of anilines is 1. The molecule has 0 bridgehead atoms. The highest BCUT2D eigenvalue weighted by atomic mass is 35.5. The van der Waals surface area contributed by atoms with Gasteiger partial charge in [-0.25, -0.2) is 9.78 Å². The number of fused-ring (bicyclic) bond motifs is 1. The van der Waals surface area contributed by atoms with Crippen molar-refractivity contribution in [2.45, 2.75) is 45.7 Å². The molecule has 11 heteroatoms. The highest BCUT2D eigenvalue weighted by Crippen LogP contribution is 2.32. The van der Waals surface area contributed by atoms with Crippen molar-refractivity contribution in [3.05, 3.63) is 41.2 Å². The lowest BCUT2D eigenvalue weighted by molar-refractivity contribution is -0.129. The van der Waals surface area contributed by atoms with Gasteiger partial charge in [0.1, 0.15) is 18.0 Å². The molecule has 3 aromatic rings. The Labute approximate surface area is 228 Å². The highest BCUT2D eigenvalue weighted by molar-refractivity contribution is 6.35. The van der Waals surface area contributed by atoms with Gasteiger partial charge < -0.3 is 23.8 Å². The van der Waals surface area contributed by atoms with Crippen LogP contribution in [0.5, 0.6) is 11.6 Å². The van der Waals surface area contributed by atoms with Crippen LogP contribution in [0.4, 0.5) is 10.6 Å². The van der Waals surface area contributed by atoms with E-state index in [-0.39, 0.29) is 18.5 Å². The van der Waals surface area contributed by atoms with Gasteiger partial charge in [0.15, 0.2) is 5.75 Å². The van der Waals surface area contributed by atoms with E-state index in [1.807, 2.05) is 6.07 Å². The molecule has 4 heterocycles. The molecule has 10 nitrogen and oxygen atoms in total. The number of aromatic nitrogens is 3. The van der Waals surface area contributed by atoms with Gasteiger partial charge in [0.25, 0.3) is 5.88 Å². The van der Waals surface area contributed by atoms with Crippen LogP contribution in [0, 0.1) is 0 Å². The van der Waals surface area contributed by atoms with Crippen molar-refractivity contribution in [3.8, 4) is 11.6 Å². The van der Waals surface area contributed by atoms with E-state index in [1.54, 1.807) is 60.1 Å². The molecule has 0 aliphatic carbocycles. The predicted molar refractivity (Wildman–Crippen MR) is 147 cm³/mol. The van der Waals surface area contributed by atoms with E-state index in [0.717, 1.165) is 36.6 Å². The van der Waals surface area contributed by atoms with E-state index in [0.29, 0.717) is 54.4 Å². The van der Waals surface area contributed by atoms with Crippen LogP contribution >= 0.6 is 11.6 Å². The topological polar surface area (TPSA) is 93.0 Å². The molecule has 0 spiro atoms. The number of methoxy groups -OCH3 is 1. The fourth-order valence-corrected chi connectivity index (χ4v) is 4.79. The Morgan fingerprint density at radius 2 is 2.00 bits per heavy atom. The van der Waals surface area contributed by atoms with Gasteiger partial charge in [-0.05, 0) is 36.6 Å². The van der Waals surface area contributed by atoms with Crippen LogP contribution in [0.2, 0.25) is 5.02 Å². The SMILES string of the molecule is CCCCCOc1nc(N2CCCN(Cc3ccnc4c3c(Cl)cn4CC(=O)N(C)C)C2=O)ccc1OC. The number of pyridine rings is 2. The fourth-order valence-electron chi connectivity index (χ4n) is 4.46. The van der Waals surface area contributed by atoms with Crippen molar-refractivity contribution in [3.63, 3.8) is 0 Å². The Bertz CT molecular complexity index is 1290. The van der Waals surface area contributed by atoms with Crippen molar-refractivity contribution in [1.29, 1.82) is 0 Å². The number of ether oxygens (including phenoxy) is 2. The second-order valence-electron chi connectivity index (χ2n) is 9.50. The van der Waals surface area contributed by atoms with Crippen LogP contribution in [0.1, 0.15) is 38.2 Å². The van der Waals surface area contributed by atoms with E-state index in [2.05, 4.69) is 16.9 Å². The zero-order valence-corrected chi connectivity index (χ0v) is 23.2. The second-order valence-corrected chi connectivity index (χ2v) is 9.91. The second kappa shape index (κ2) is 12.3. The molecule has 0 unspecified atom stereocenters. The molecule has 3 aromatic heterocycles. The largest absolute Gasteiger partial charge is 0.491 e. The third-order valence-electron chi connectivity index (χ3n) is 6.57. The summed E-state index contributed by atoms with van der Waals surface area (Å²) in [5.74, 6) is 1.39. The summed E-state index contributed by atoms with van der Waals surface area (Å²) < 4.78 is 13.1. The first-order chi connectivity index (χ1) is 18.3. The third-order valence-corrected chi connectivity index (χ3v) is 6.85. The smallest absolute Gasteiger partial charge is 0.325 e. The summed E-state index contributed by atoms with van der Waals surface area (Å²) in [5.41, 5.74) is 1.49. The number of amides is 3. The Kier molecular flexibility index (Phi) is 8.93. The molecule has 0 aromatic carbocycles. The van der Waals surface area contributed by atoms with Crippen LogP contribution in [0.3, 0.4) is 0 Å². The van der Waals surface area contributed by atoms with Gasteiger partial charge in [0, 0.05) is 51.5 Å². The molecule has 1 aliphatic rings. The van der Waals surface area contributed by atoms with Crippen LogP contribution in [-0.2, 0) is 17.9 Å². The van der Waals surface area contributed by atoms with E-state index in [9.17, 15) is 9.59 Å². The number of urea groups is 1. The first-order valence-electron chi connectivity index (χ1n) is 12.9. The van der Waals surface area contributed by atoms with Crippen LogP contribution in [0.25, 0.3) is 11.0 Å². The maximum Gasteiger partial charge on any atom is 0.325 e. The number of carbonyl (C=O) groups is 2. The van der Waals surface area contributed by atoms with E-state index < -0.39 is 0 Å². The van der Waals surface area contributed by atoms with Gasteiger partial charge in [0.2, 0.25) is 5.91 Å². The quantitative estimate of drug-likeness (QED) is 0.329. The number of carbonyl (C=O) groups excluding carboxylic acids is 2. The molecular formula is C27H35ClN6O4. The normalized spacial score (nSPS) is 13.8. The minimum atomic E-state index is -0.144. The maximum absolute atomic E-state index is 13.6. The molecule has 1 aliphatic heterocycles. The summed E-state index contributed by atoms with van der Waals surface area (Å²) >= 11 is 6.60. The molecule has 0 atom stereocenters. The lowest BCUT2D eigenvalue weighted by Gasteiger charge is -2.35. The van der Waals surface area contributed by atoms with Crippen LogP contribution in [0.15, 0.2) is 30.6 Å². The monoisotopic (exact) mass is 542 g/mol. The highest BCUT2D eigenvalue weighted by Gasteiger charge is 2.29. The lowest BCUT2D eigenvalue weighted by atomic mass is 10.1. The third kappa shape index (κ3) is 5.96. The van der Waals surface area contributed by atoms with E-state index in [4.69, 9.17) is 21.1 Å². The summed E-state index contributed by atoms with van der Waals surface area (Å²) in [4.78, 5) is 39.9. The van der Waals surface area contributed by atoms with Gasteiger partial charge in [-0.3, -0.25) is 9.69 Å². The summed E-state index contributed by atoms with van der Waals surface area (Å²) in [6.45, 7) is 4.33. The maximum atomic E-state index is 13.6. The number of hydrogen-bond acceptors (Lipinski definition) is 6. The average Bonchev–Trinajstić information content (AvgIpc) is 3.23. The molecule has 0 saturated carbocycles. The zero-order chi connectivity index (χ0) is 27.2. The van der Waals surface area contributed by atoms with Crippen molar-refractivity contribution >= 4 is 40.4 Å². The van der Waals surface area contributed by atoms with Crippen LogP contribution < -0.4 is 14.4 Å². The molecule has 1 saturated heterocycles. The summed E-state index contributed by atoms with van der Waals surface area (Å²) in [6, 6.07) is 5.29. The first kappa shape index (κ1) is 27.5. The standard InChI is InChI=1S/C27H35ClN6O4/c1-5-6-7-15-38-26-21(37-4)9-10-22(30-26)34-14-8-13-32(27(34)36)16-19-11-12-29-25-24(19)20(28)17-33(25)18-23(35)31(2)3/h9-12,17H,5-8,13-16,18H2,1-4H3. The Hall–Kier alpha value is -3.53. The molecule has 0 N–H and O–H groups in total. The first-order valence-corrected chi connectivity index (χ1v) is 13.3. The number of nitrogens with zero attached hydrogens (tertiary/aromatic N) is 6. The minimum absolute atomic E-state index is 0.0617. The summed E-state index contributed by atoms with van der Waals surface area (Å²) in [7, 11) is 5.00. The zero-order valence-electron chi connectivity index (χ0n) is 22.4. The Morgan fingerprint density at radius 1 is 1.18 bits per heavy atom.